The average molecular weight is 391 g/mol. The van der Waals surface area contributed by atoms with E-state index in [0.717, 1.165) is 35.2 Å². The van der Waals surface area contributed by atoms with Crippen LogP contribution in [0.15, 0.2) is 53.3 Å². The predicted molar refractivity (Wildman–Crippen MR) is 112 cm³/mol. The molecule has 1 aliphatic rings. The van der Waals surface area contributed by atoms with Crippen LogP contribution >= 0.6 is 0 Å². The Morgan fingerprint density at radius 3 is 2.59 bits per heavy atom. The third kappa shape index (κ3) is 3.75. The van der Waals surface area contributed by atoms with Gasteiger partial charge in [0.2, 0.25) is 5.91 Å². The number of hydrogen-bond donors (Lipinski definition) is 0. The normalized spacial score (nSPS) is 16.3. The SMILES string of the molecule is CCOc1ccc(C2CCCN2C(=O)Cn2nc(C)c3ccccc3c2=O)cc1. The van der Waals surface area contributed by atoms with Gasteiger partial charge in [-0.05, 0) is 50.5 Å². The number of hydrogen-bond acceptors (Lipinski definition) is 4. The third-order valence-electron chi connectivity index (χ3n) is 5.49. The van der Waals surface area contributed by atoms with Gasteiger partial charge in [0, 0.05) is 11.9 Å². The van der Waals surface area contributed by atoms with Crippen molar-refractivity contribution in [2.45, 2.75) is 39.3 Å². The molecule has 4 rings (SSSR count). The van der Waals surface area contributed by atoms with Crippen molar-refractivity contribution >= 4 is 16.7 Å². The highest BCUT2D eigenvalue weighted by molar-refractivity contribution is 5.83. The topological polar surface area (TPSA) is 64.4 Å². The summed E-state index contributed by atoms with van der Waals surface area (Å²) >= 11 is 0. The van der Waals surface area contributed by atoms with Crippen molar-refractivity contribution in [2.24, 2.45) is 0 Å². The van der Waals surface area contributed by atoms with E-state index in [-0.39, 0.29) is 24.1 Å². The van der Waals surface area contributed by atoms with E-state index >= 15 is 0 Å². The molecule has 150 valence electrons. The number of aromatic nitrogens is 2. The summed E-state index contributed by atoms with van der Waals surface area (Å²) in [5.41, 5.74) is 1.61. The monoisotopic (exact) mass is 391 g/mol. The lowest BCUT2D eigenvalue weighted by atomic mass is 10.0. The summed E-state index contributed by atoms with van der Waals surface area (Å²) in [5, 5.41) is 5.81. The Morgan fingerprint density at radius 2 is 1.86 bits per heavy atom. The lowest BCUT2D eigenvalue weighted by Crippen LogP contribution is -2.37. The fourth-order valence-electron chi connectivity index (χ4n) is 4.10. The highest BCUT2D eigenvalue weighted by Gasteiger charge is 2.30. The number of aryl methyl sites for hydroxylation is 1. The van der Waals surface area contributed by atoms with E-state index in [1.807, 2.05) is 61.2 Å². The van der Waals surface area contributed by atoms with E-state index in [9.17, 15) is 9.59 Å². The molecule has 3 aromatic rings. The first-order valence-corrected chi connectivity index (χ1v) is 10.1. The first-order chi connectivity index (χ1) is 14.1. The fourth-order valence-corrected chi connectivity index (χ4v) is 4.10. The first kappa shape index (κ1) is 19.2. The summed E-state index contributed by atoms with van der Waals surface area (Å²) in [6, 6.07) is 15.3. The summed E-state index contributed by atoms with van der Waals surface area (Å²) in [7, 11) is 0. The Hall–Kier alpha value is -3.15. The number of nitrogens with zero attached hydrogens (tertiary/aromatic N) is 3. The summed E-state index contributed by atoms with van der Waals surface area (Å²) in [5.74, 6) is 0.750. The lowest BCUT2D eigenvalue weighted by molar-refractivity contribution is -0.133. The van der Waals surface area contributed by atoms with Crippen molar-refractivity contribution < 1.29 is 9.53 Å². The second-order valence-corrected chi connectivity index (χ2v) is 7.34. The Kier molecular flexibility index (Phi) is 5.34. The van der Waals surface area contributed by atoms with Gasteiger partial charge in [-0.25, -0.2) is 4.68 Å². The molecule has 1 aromatic heterocycles. The van der Waals surface area contributed by atoms with Gasteiger partial charge in [-0.3, -0.25) is 9.59 Å². The minimum absolute atomic E-state index is 0.0235. The van der Waals surface area contributed by atoms with Crippen LogP contribution in [0.2, 0.25) is 0 Å². The van der Waals surface area contributed by atoms with Crippen LogP contribution in [0.5, 0.6) is 5.75 Å². The van der Waals surface area contributed by atoms with E-state index in [2.05, 4.69) is 5.10 Å². The molecule has 2 heterocycles. The number of rotatable bonds is 5. The zero-order valence-corrected chi connectivity index (χ0v) is 16.8. The molecule has 1 amide bonds. The van der Waals surface area contributed by atoms with Crippen LogP contribution in [0.1, 0.15) is 37.1 Å². The van der Waals surface area contributed by atoms with Crippen molar-refractivity contribution in [3.05, 3.63) is 70.1 Å². The third-order valence-corrected chi connectivity index (χ3v) is 5.49. The Balaban J connectivity index is 1.57. The molecule has 6 nitrogen and oxygen atoms in total. The Bertz CT molecular complexity index is 1090. The van der Waals surface area contributed by atoms with Crippen molar-refractivity contribution in [1.82, 2.24) is 14.7 Å². The standard InChI is InChI=1S/C23H25N3O3/c1-3-29-18-12-10-17(11-13-18)21-9-6-14-25(21)22(27)15-26-23(28)20-8-5-4-7-19(20)16(2)24-26/h4-5,7-8,10-13,21H,3,6,9,14-15H2,1-2H3. The molecule has 0 radical (unpaired) electrons. The number of benzene rings is 2. The predicted octanol–water partition coefficient (Wildman–Crippen LogP) is 3.47. The zero-order chi connectivity index (χ0) is 20.4. The van der Waals surface area contributed by atoms with Crippen molar-refractivity contribution in [3.8, 4) is 5.75 Å². The molecule has 0 bridgehead atoms. The summed E-state index contributed by atoms with van der Waals surface area (Å²) in [6.45, 7) is 5.09. The molecular formula is C23H25N3O3. The molecule has 2 aromatic carbocycles. The molecule has 1 unspecified atom stereocenters. The number of carbonyl (C=O) groups is 1. The molecule has 1 saturated heterocycles. The second kappa shape index (κ2) is 8.07. The zero-order valence-electron chi connectivity index (χ0n) is 16.8. The van der Waals surface area contributed by atoms with Gasteiger partial charge in [0.1, 0.15) is 12.3 Å². The highest BCUT2D eigenvalue weighted by atomic mass is 16.5. The van der Waals surface area contributed by atoms with Gasteiger partial charge in [-0.2, -0.15) is 5.10 Å². The van der Waals surface area contributed by atoms with Crippen molar-refractivity contribution in [2.75, 3.05) is 13.2 Å². The van der Waals surface area contributed by atoms with Crippen LogP contribution in [0.3, 0.4) is 0 Å². The Labute approximate surface area is 169 Å². The molecule has 6 heteroatoms. The van der Waals surface area contributed by atoms with Gasteiger partial charge in [-0.15, -0.1) is 0 Å². The Morgan fingerprint density at radius 1 is 1.14 bits per heavy atom. The van der Waals surface area contributed by atoms with Crippen LogP contribution in [0, 0.1) is 6.92 Å². The summed E-state index contributed by atoms with van der Waals surface area (Å²) in [4.78, 5) is 27.7. The maximum atomic E-state index is 13.1. The van der Waals surface area contributed by atoms with Gasteiger partial charge in [0.15, 0.2) is 0 Å². The minimum Gasteiger partial charge on any atom is -0.494 e. The maximum Gasteiger partial charge on any atom is 0.275 e. The molecular weight excluding hydrogens is 366 g/mol. The van der Waals surface area contributed by atoms with E-state index in [0.29, 0.717) is 18.5 Å². The molecule has 0 spiro atoms. The summed E-state index contributed by atoms with van der Waals surface area (Å²) in [6.07, 6.45) is 1.86. The van der Waals surface area contributed by atoms with E-state index < -0.39 is 0 Å². The fraction of sp³-hybridized carbons (Fsp3) is 0.348. The van der Waals surface area contributed by atoms with Gasteiger partial charge >= 0.3 is 0 Å². The van der Waals surface area contributed by atoms with Crippen molar-refractivity contribution in [3.63, 3.8) is 0 Å². The average Bonchev–Trinajstić information content (AvgIpc) is 3.23. The lowest BCUT2D eigenvalue weighted by Gasteiger charge is -2.25. The van der Waals surface area contributed by atoms with Crippen LogP contribution in [0.25, 0.3) is 10.8 Å². The number of likely N-dealkylation sites (tertiary alicyclic amines) is 1. The number of fused-ring (bicyclic) bond motifs is 1. The summed E-state index contributed by atoms with van der Waals surface area (Å²) < 4.78 is 6.81. The number of carbonyl (C=O) groups excluding carboxylic acids is 1. The minimum atomic E-state index is -0.226. The largest absolute Gasteiger partial charge is 0.494 e. The van der Waals surface area contributed by atoms with Gasteiger partial charge in [-0.1, -0.05) is 30.3 Å². The smallest absolute Gasteiger partial charge is 0.275 e. The first-order valence-electron chi connectivity index (χ1n) is 10.1. The van der Waals surface area contributed by atoms with Gasteiger partial charge in [0.05, 0.1) is 23.7 Å². The molecule has 29 heavy (non-hydrogen) atoms. The quantitative estimate of drug-likeness (QED) is 0.668. The van der Waals surface area contributed by atoms with Crippen LogP contribution in [-0.4, -0.2) is 33.7 Å². The number of amides is 1. The van der Waals surface area contributed by atoms with Crippen molar-refractivity contribution in [1.29, 1.82) is 0 Å². The van der Waals surface area contributed by atoms with Crippen LogP contribution < -0.4 is 10.3 Å². The highest BCUT2D eigenvalue weighted by Crippen LogP contribution is 2.33. The number of ether oxygens (including phenoxy) is 1. The second-order valence-electron chi connectivity index (χ2n) is 7.34. The van der Waals surface area contributed by atoms with Gasteiger partial charge < -0.3 is 9.64 Å². The molecule has 1 fully saturated rings. The molecule has 1 aliphatic heterocycles. The maximum absolute atomic E-state index is 13.1. The van der Waals surface area contributed by atoms with E-state index in [1.54, 1.807) is 6.07 Å². The molecule has 1 atom stereocenters. The van der Waals surface area contributed by atoms with Gasteiger partial charge in [0.25, 0.3) is 5.56 Å². The molecule has 0 saturated carbocycles. The molecule has 0 N–H and O–H groups in total. The molecule has 0 aliphatic carbocycles. The van der Waals surface area contributed by atoms with E-state index in [4.69, 9.17) is 4.74 Å². The van der Waals surface area contributed by atoms with Crippen LogP contribution in [-0.2, 0) is 11.3 Å². The van der Waals surface area contributed by atoms with E-state index in [1.165, 1.54) is 4.68 Å². The van der Waals surface area contributed by atoms with Crippen LogP contribution in [0.4, 0.5) is 0 Å².